The molecule has 1 aromatic carbocycles. The third-order valence-corrected chi connectivity index (χ3v) is 4.05. The Bertz CT molecular complexity index is 653. The minimum absolute atomic E-state index is 0.0374. The van der Waals surface area contributed by atoms with Crippen LogP contribution in [0, 0.1) is 0 Å². The lowest BCUT2D eigenvalue weighted by molar-refractivity contribution is -0.142. The Hall–Kier alpha value is -1.92. The van der Waals surface area contributed by atoms with Crippen LogP contribution in [0.15, 0.2) is 24.3 Å². The standard InChI is InChI=1S/C15H19N3O3/c19-9-8-18-12-5-2-1-4-11(12)16-14(18)10-17-7-3-6-13(17)15(20)21/h1-2,4-5,13,19H,3,6-10H2,(H,20,21). The second kappa shape index (κ2) is 5.83. The molecule has 1 aliphatic heterocycles. The molecule has 3 rings (SSSR count). The number of aliphatic carboxylic acids is 1. The number of rotatable bonds is 5. The van der Waals surface area contributed by atoms with Crippen molar-refractivity contribution in [3.05, 3.63) is 30.1 Å². The van der Waals surface area contributed by atoms with Gasteiger partial charge in [-0.3, -0.25) is 9.69 Å². The fraction of sp³-hybridized carbons (Fsp3) is 0.467. The predicted molar refractivity (Wildman–Crippen MR) is 77.9 cm³/mol. The van der Waals surface area contributed by atoms with Gasteiger partial charge in [0.1, 0.15) is 11.9 Å². The number of aliphatic hydroxyl groups is 1. The van der Waals surface area contributed by atoms with E-state index in [-0.39, 0.29) is 6.61 Å². The third kappa shape index (κ3) is 2.64. The Morgan fingerprint density at radius 3 is 2.95 bits per heavy atom. The van der Waals surface area contributed by atoms with E-state index in [4.69, 9.17) is 0 Å². The number of likely N-dealkylation sites (tertiary alicyclic amines) is 1. The predicted octanol–water partition coefficient (Wildman–Crippen LogP) is 1.08. The van der Waals surface area contributed by atoms with Gasteiger partial charge >= 0.3 is 5.97 Å². The number of para-hydroxylation sites is 2. The highest BCUT2D eigenvalue weighted by Crippen LogP contribution is 2.22. The van der Waals surface area contributed by atoms with Crippen LogP contribution in [-0.2, 0) is 17.9 Å². The van der Waals surface area contributed by atoms with Gasteiger partial charge in [0.25, 0.3) is 0 Å². The minimum Gasteiger partial charge on any atom is -0.480 e. The van der Waals surface area contributed by atoms with Crippen LogP contribution in [0.2, 0.25) is 0 Å². The molecule has 1 fully saturated rings. The molecule has 0 bridgehead atoms. The van der Waals surface area contributed by atoms with E-state index in [9.17, 15) is 15.0 Å². The molecule has 2 N–H and O–H groups in total. The summed E-state index contributed by atoms with van der Waals surface area (Å²) in [6, 6.07) is 7.36. The molecule has 2 aromatic rings. The average Bonchev–Trinajstić information content (AvgIpc) is 3.05. The number of aliphatic hydroxyl groups excluding tert-OH is 1. The molecule has 112 valence electrons. The molecule has 1 atom stereocenters. The Kier molecular flexibility index (Phi) is 3.90. The highest BCUT2D eigenvalue weighted by atomic mass is 16.4. The topological polar surface area (TPSA) is 78.6 Å². The van der Waals surface area contributed by atoms with Crippen molar-refractivity contribution in [2.24, 2.45) is 0 Å². The second-order valence-corrected chi connectivity index (χ2v) is 5.36. The van der Waals surface area contributed by atoms with Gasteiger partial charge in [0.15, 0.2) is 0 Å². The number of carboxylic acid groups (broad SMARTS) is 1. The van der Waals surface area contributed by atoms with Gasteiger partial charge in [-0.1, -0.05) is 12.1 Å². The van der Waals surface area contributed by atoms with E-state index in [0.717, 1.165) is 29.8 Å². The summed E-state index contributed by atoms with van der Waals surface area (Å²) < 4.78 is 1.98. The van der Waals surface area contributed by atoms with Crippen molar-refractivity contribution < 1.29 is 15.0 Å². The summed E-state index contributed by atoms with van der Waals surface area (Å²) in [6.07, 6.45) is 1.59. The molecule has 0 spiro atoms. The fourth-order valence-electron chi connectivity index (χ4n) is 3.07. The van der Waals surface area contributed by atoms with Gasteiger partial charge in [-0.2, -0.15) is 0 Å². The lowest BCUT2D eigenvalue weighted by atomic mass is 10.2. The van der Waals surface area contributed by atoms with Crippen LogP contribution in [0.4, 0.5) is 0 Å². The maximum absolute atomic E-state index is 11.3. The summed E-state index contributed by atoms with van der Waals surface area (Å²) in [4.78, 5) is 17.8. The van der Waals surface area contributed by atoms with Crippen molar-refractivity contribution in [1.29, 1.82) is 0 Å². The maximum Gasteiger partial charge on any atom is 0.320 e. The zero-order valence-electron chi connectivity index (χ0n) is 11.8. The monoisotopic (exact) mass is 289 g/mol. The summed E-state index contributed by atoms with van der Waals surface area (Å²) >= 11 is 0. The average molecular weight is 289 g/mol. The number of hydrogen-bond donors (Lipinski definition) is 2. The van der Waals surface area contributed by atoms with Gasteiger partial charge in [-0.15, -0.1) is 0 Å². The molecular formula is C15H19N3O3. The van der Waals surface area contributed by atoms with Crippen molar-refractivity contribution in [2.45, 2.75) is 32.0 Å². The number of benzene rings is 1. The van der Waals surface area contributed by atoms with Crippen LogP contribution < -0.4 is 0 Å². The molecule has 21 heavy (non-hydrogen) atoms. The molecule has 0 amide bonds. The molecule has 0 aliphatic carbocycles. The van der Waals surface area contributed by atoms with E-state index >= 15 is 0 Å². The minimum atomic E-state index is -0.766. The van der Waals surface area contributed by atoms with Gasteiger partial charge in [0, 0.05) is 6.54 Å². The van der Waals surface area contributed by atoms with E-state index in [0.29, 0.717) is 19.5 Å². The van der Waals surface area contributed by atoms with E-state index in [2.05, 4.69) is 4.98 Å². The van der Waals surface area contributed by atoms with Gasteiger partial charge in [0.05, 0.1) is 24.2 Å². The number of carboxylic acids is 1. The van der Waals surface area contributed by atoms with Gasteiger partial charge in [0.2, 0.25) is 0 Å². The Labute approximate surface area is 122 Å². The quantitative estimate of drug-likeness (QED) is 0.861. The molecule has 6 nitrogen and oxygen atoms in total. The van der Waals surface area contributed by atoms with Crippen molar-refractivity contribution in [3.63, 3.8) is 0 Å². The normalized spacial score (nSPS) is 19.4. The summed E-state index contributed by atoms with van der Waals surface area (Å²) in [5, 5.41) is 18.5. The second-order valence-electron chi connectivity index (χ2n) is 5.36. The first-order valence-electron chi connectivity index (χ1n) is 7.22. The molecule has 1 aliphatic rings. The van der Waals surface area contributed by atoms with Crippen LogP contribution in [0.1, 0.15) is 18.7 Å². The fourth-order valence-corrected chi connectivity index (χ4v) is 3.07. The maximum atomic E-state index is 11.3. The first kappa shape index (κ1) is 14.0. The number of imidazole rings is 1. The van der Waals surface area contributed by atoms with E-state index < -0.39 is 12.0 Å². The van der Waals surface area contributed by atoms with Crippen molar-refractivity contribution in [1.82, 2.24) is 14.5 Å². The van der Waals surface area contributed by atoms with Crippen molar-refractivity contribution in [3.8, 4) is 0 Å². The molecule has 1 unspecified atom stereocenters. The molecule has 0 radical (unpaired) electrons. The summed E-state index contributed by atoms with van der Waals surface area (Å²) in [5.41, 5.74) is 1.86. The van der Waals surface area contributed by atoms with Crippen LogP contribution in [0.5, 0.6) is 0 Å². The Morgan fingerprint density at radius 1 is 1.38 bits per heavy atom. The molecule has 1 aromatic heterocycles. The SMILES string of the molecule is O=C(O)C1CCCN1Cc1nc2ccccc2n1CCO. The van der Waals surface area contributed by atoms with E-state index in [1.54, 1.807) is 0 Å². The zero-order chi connectivity index (χ0) is 14.8. The number of carbonyl (C=O) groups is 1. The highest BCUT2D eigenvalue weighted by molar-refractivity contribution is 5.76. The van der Waals surface area contributed by atoms with E-state index in [1.165, 1.54) is 0 Å². The van der Waals surface area contributed by atoms with Crippen molar-refractivity contribution in [2.75, 3.05) is 13.2 Å². The van der Waals surface area contributed by atoms with Crippen molar-refractivity contribution >= 4 is 17.0 Å². The van der Waals surface area contributed by atoms with Gasteiger partial charge < -0.3 is 14.8 Å². The summed E-state index contributed by atoms with van der Waals surface area (Å²) in [5.74, 6) is 0.0516. The smallest absolute Gasteiger partial charge is 0.320 e. The molecule has 6 heteroatoms. The van der Waals surface area contributed by atoms with Gasteiger partial charge in [-0.25, -0.2) is 4.98 Å². The lowest BCUT2D eigenvalue weighted by Crippen LogP contribution is -2.36. The molecule has 2 heterocycles. The number of nitrogens with zero attached hydrogens (tertiary/aromatic N) is 3. The molecular weight excluding hydrogens is 270 g/mol. The van der Waals surface area contributed by atoms with Crippen LogP contribution >= 0.6 is 0 Å². The molecule has 1 saturated heterocycles. The zero-order valence-corrected chi connectivity index (χ0v) is 11.8. The van der Waals surface area contributed by atoms with E-state index in [1.807, 2.05) is 33.7 Å². The number of aromatic nitrogens is 2. The van der Waals surface area contributed by atoms with Crippen LogP contribution in [0.3, 0.4) is 0 Å². The van der Waals surface area contributed by atoms with Gasteiger partial charge in [-0.05, 0) is 31.5 Å². The summed E-state index contributed by atoms with van der Waals surface area (Å²) in [6.45, 7) is 1.79. The highest BCUT2D eigenvalue weighted by Gasteiger charge is 2.31. The van der Waals surface area contributed by atoms with Crippen LogP contribution in [-0.4, -0.2) is 49.8 Å². The number of fused-ring (bicyclic) bond motifs is 1. The first-order chi connectivity index (χ1) is 10.2. The summed E-state index contributed by atoms with van der Waals surface area (Å²) in [7, 11) is 0. The lowest BCUT2D eigenvalue weighted by Gasteiger charge is -2.21. The Balaban J connectivity index is 1.92. The third-order valence-electron chi connectivity index (χ3n) is 4.05. The first-order valence-corrected chi connectivity index (χ1v) is 7.22. The number of hydrogen-bond acceptors (Lipinski definition) is 4. The molecule has 0 saturated carbocycles. The Morgan fingerprint density at radius 2 is 2.19 bits per heavy atom. The largest absolute Gasteiger partial charge is 0.480 e. The van der Waals surface area contributed by atoms with Crippen LogP contribution in [0.25, 0.3) is 11.0 Å².